The monoisotopic (exact) mass is 283 g/mol. The van der Waals surface area contributed by atoms with Crippen molar-refractivity contribution in [3.8, 4) is 5.69 Å². The Bertz CT molecular complexity index is 657. The summed E-state index contributed by atoms with van der Waals surface area (Å²) in [5.74, 6) is 0. The molecule has 0 saturated carbocycles. The van der Waals surface area contributed by atoms with Crippen LogP contribution in [0.4, 0.5) is 5.69 Å². The van der Waals surface area contributed by atoms with Crippen LogP contribution in [-0.2, 0) is 0 Å². The van der Waals surface area contributed by atoms with E-state index in [9.17, 15) is 4.79 Å². The van der Waals surface area contributed by atoms with E-state index in [0.29, 0.717) is 0 Å². The molecule has 3 rings (SSSR count). The van der Waals surface area contributed by atoms with E-state index in [4.69, 9.17) is 0 Å². The highest BCUT2D eigenvalue weighted by Gasteiger charge is 2.16. The first-order chi connectivity index (χ1) is 10.3. The molecule has 0 aliphatic carbocycles. The maximum atomic E-state index is 11.9. The lowest BCUT2D eigenvalue weighted by molar-refractivity contribution is 0.271. The lowest BCUT2D eigenvalue weighted by Crippen LogP contribution is -2.46. The van der Waals surface area contributed by atoms with Crippen LogP contribution in [0, 0.1) is 0 Å². The molecule has 0 spiro atoms. The normalized spacial score (nSPS) is 16.1. The summed E-state index contributed by atoms with van der Waals surface area (Å²) in [6, 6.07) is 13.5. The molecular weight excluding hydrogens is 262 g/mol. The Morgan fingerprint density at radius 2 is 1.71 bits per heavy atom. The molecule has 0 radical (unpaired) electrons. The van der Waals surface area contributed by atoms with Gasteiger partial charge in [0.15, 0.2) is 0 Å². The Morgan fingerprint density at radius 3 is 2.43 bits per heavy atom. The molecule has 1 aliphatic heterocycles. The summed E-state index contributed by atoms with van der Waals surface area (Å²) in [6.45, 7) is 7.62. The van der Waals surface area contributed by atoms with Crippen molar-refractivity contribution >= 4 is 5.69 Å². The maximum Gasteiger partial charge on any atom is 0.255 e. The van der Waals surface area contributed by atoms with Crippen LogP contribution in [-0.4, -0.2) is 42.2 Å². The summed E-state index contributed by atoms with van der Waals surface area (Å²) in [6.07, 6.45) is 1.82. The highest BCUT2D eigenvalue weighted by atomic mass is 16.1. The van der Waals surface area contributed by atoms with Crippen molar-refractivity contribution in [1.82, 2.24) is 9.47 Å². The van der Waals surface area contributed by atoms with Crippen LogP contribution in [0.3, 0.4) is 0 Å². The Hall–Kier alpha value is -2.07. The topological polar surface area (TPSA) is 28.5 Å². The summed E-state index contributed by atoms with van der Waals surface area (Å²) >= 11 is 0. The third kappa shape index (κ3) is 3.00. The lowest BCUT2D eigenvalue weighted by atomic mass is 10.2. The molecule has 110 valence electrons. The Morgan fingerprint density at radius 1 is 0.952 bits per heavy atom. The third-order valence-electron chi connectivity index (χ3n) is 4.12. The zero-order valence-electron chi connectivity index (χ0n) is 12.4. The Balaban J connectivity index is 1.84. The Labute approximate surface area is 125 Å². The van der Waals surface area contributed by atoms with Gasteiger partial charge >= 0.3 is 0 Å². The van der Waals surface area contributed by atoms with Crippen LogP contribution in [0.2, 0.25) is 0 Å². The fourth-order valence-corrected chi connectivity index (χ4v) is 2.80. The Kier molecular flexibility index (Phi) is 4.06. The molecule has 2 heterocycles. The van der Waals surface area contributed by atoms with E-state index in [1.165, 1.54) is 5.69 Å². The molecule has 1 aromatic carbocycles. The molecule has 1 aliphatic rings. The second-order valence-corrected chi connectivity index (χ2v) is 5.35. The molecule has 0 amide bonds. The molecule has 1 saturated heterocycles. The van der Waals surface area contributed by atoms with Gasteiger partial charge in [-0.2, -0.15) is 0 Å². The van der Waals surface area contributed by atoms with Crippen LogP contribution in [0.5, 0.6) is 0 Å². The minimum Gasteiger partial charge on any atom is -0.369 e. The second kappa shape index (κ2) is 6.14. The van der Waals surface area contributed by atoms with Gasteiger partial charge in [-0.15, -0.1) is 0 Å². The third-order valence-corrected chi connectivity index (χ3v) is 4.12. The molecule has 0 bridgehead atoms. The van der Waals surface area contributed by atoms with E-state index < -0.39 is 0 Å². The van der Waals surface area contributed by atoms with Gasteiger partial charge in [0, 0.05) is 44.1 Å². The van der Waals surface area contributed by atoms with Gasteiger partial charge in [-0.3, -0.25) is 9.36 Å². The molecule has 4 heteroatoms. The fourth-order valence-electron chi connectivity index (χ4n) is 2.80. The summed E-state index contributed by atoms with van der Waals surface area (Å²) in [7, 11) is 0. The van der Waals surface area contributed by atoms with E-state index in [-0.39, 0.29) is 5.56 Å². The standard InChI is InChI=1S/C17H21N3O/c1-2-18-10-12-19(13-11-18)15-6-5-7-16(14-15)20-9-4-3-8-17(20)21/h3-9,14H,2,10-13H2,1H3. The highest BCUT2D eigenvalue weighted by Crippen LogP contribution is 2.19. The molecular formula is C17H21N3O. The average Bonchev–Trinajstić information content (AvgIpc) is 2.55. The quantitative estimate of drug-likeness (QED) is 0.862. The van der Waals surface area contributed by atoms with Crippen LogP contribution < -0.4 is 10.5 Å². The van der Waals surface area contributed by atoms with Gasteiger partial charge in [-0.05, 0) is 30.8 Å². The number of nitrogens with zero attached hydrogens (tertiary/aromatic N) is 3. The first-order valence-electron chi connectivity index (χ1n) is 7.53. The van der Waals surface area contributed by atoms with Crippen LogP contribution >= 0.6 is 0 Å². The molecule has 21 heavy (non-hydrogen) atoms. The maximum absolute atomic E-state index is 11.9. The SMILES string of the molecule is CCN1CCN(c2cccc(-n3ccccc3=O)c2)CC1. The first kappa shape index (κ1) is 13.9. The molecule has 0 unspecified atom stereocenters. The van der Waals surface area contributed by atoms with Gasteiger partial charge in [-0.25, -0.2) is 0 Å². The second-order valence-electron chi connectivity index (χ2n) is 5.35. The van der Waals surface area contributed by atoms with Gasteiger partial charge in [0.25, 0.3) is 5.56 Å². The number of pyridine rings is 1. The van der Waals surface area contributed by atoms with Crippen molar-refractivity contribution < 1.29 is 0 Å². The number of piperazine rings is 1. The minimum atomic E-state index is 0.00505. The van der Waals surface area contributed by atoms with Crippen molar-refractivity contribution in [1.29, 1.82) is 0 Å². The number of benzene rings is 1. The molecule has 0 N–H and O–H groups in total. The van der Waals surface area contributed by atoms with Crippen molar-refractivity contribution in [2.75, 3.05) is 37.6 Å². The van der Waals surface area contributed by atoms with Crippen LogP contribution in [0.15, 0.2) is 53.5 Å². The number of hydrogen-bond donors (Lipinski definition) is 0. The van der Waals surface area contributed by atoms with Crippen molar-refractivity contribution in [3.05, 3.63) is 59.0 Å². The van der Waals surface area contributed by atoms with E-state index in [0.717, 1.165) is 38.4 Å². The zero-order valence-corrected chi connectivity index (χ0v) is 12.4. The summed E-state index contributed by atoms with van der Waals surface area (Å²) in [5, 5.41) is 0. The smallest absolute Gasteiger partial charge is 0.255 e. The van der Waals surface area contributed by atoms with Gasteiger partial charge in [0.2, 0.25) is 0 Å². The number of aromatic nitrogens is 1. The lowest BCUT2D eigenvalue weighted by Gasteiger charge is -2.35. The van der Waals surface area contributed by atoms with Crippen LogP contribution in [0.1, 0.15) is 6.92 Å². The fraction of sp³-hybridized carbons (Fsp3) is 0.353. The van der Waals surface area contributed by atoms with E-state index in [1.54, 1.807) is 16.7 Å². The van der Waals surface area contributed by atoms with Crippen molar-refractivity contribution in [2.24, 2.45) is 0 Å². The number of hydrogen-bond acceptors (Lipinski definition) is 3. The molecule has 2 aromatic rings. The molecule has 4 nitrogen and oxygen atoms in total. The predicted molar refractivity (Wildman–Crippen MR) is 86.4 cm³/mol. The number of likely N-dealkylation sites (N-methyl/N-ethyl adjacent to an activating group) is 1. The van der Waals surface area contributed by atoms with Gasteiger partial charge in [-0.1, -0.05) is 19.1 Å². The largest absolute Gasteiger partial charge is 0.369 e. The highest BCUT2D eigenvalue weighted by molar-refractivity contribution is 5.53. The van der Waals surface area contributed by atoms with E-state index >= 15 is 0 Å². The van der Waals surface area contributed by atoms with Crippen LogP contribution in [0.25, 0.3) is 5.69 Å². The summed E-state index contributed by atoms with van der Waals surface area (Å²) in [5.41, 5.74) is 2.13. The number of rotatable bonds is 3. The summed E-state index contributed by atoms with van der Waals surface area (Å²) in [4.78, 5) is 16.8. The zero-order chi connectivity index (χ0) is 14.7. The minimum absolute atomic E-state index is 0.00505. The van der Waals surface area contributed by atoms with Gasteiger partial charge in [0.05, 0.1) is 5.69 Å². The van der Waals surface area contributed by atoms with Gasteiger partial charge < -0.3 is 9.80 Å². The average molecular weight is 283 g/mol. The summed E-state index contributed by atoms with van der Waals surface area (Å²) < 4.78 is 1.69. The van der Waals surface area contributed by atoms with Crippen molar-refractivity contribution in [3.63, 3.8) is 0 Å². The predicted octanol–water partition coefficient (Wildman–Crippen LogP) is 1.98. The van der Waals surface area contributed by atoms with Crippen molar-refractivity contribution in [2.45, 2.75) is 6.92 Å². The molecule has 1 aromatic heterocycles. The molecule has 0 atom stereocenters. The number of anilines is 1. The molecule has 1 fully saturated rings. The van der Waals surface area contributed by atoms with Gasteiger partial charge in [0.1, 0.15) is 0 Å². The van der Waals surface area contributed by atoms with E-state index in [2.05, 4.69) is 28.9 Å². The first-order valence-corrected chi connectivity index (χ1v) is 7.53. The van der Waals surface area contributed by atoms with E-state index in [1.807, 2.05) is 24.4 Å².